The van der Waals surface area contributed by atoms with E-state index in [9.17, 15) is 4.79 Å². The number of methoxy groups -OCH3 is 1. The Balaban J connectivity index is 2.33. The maximum absolute atomic E-state index is 12.0. The second-order valence-electron chi connectivity index (χ2n) is 5.44. The van der Waals surface area contributed by atoms with Crippen LogP contribution in [0.25, 0.3) is 5.69 Å². The summed E-state index contributed by atoms with van der Waals surface area (Å²) in [6, 6.07) is 5.32. The Morgan fingerprint density at radius 1 is 1.43 bits per heavy atom. The molecule has 2 rings (SSSR count). The summed E-state index contributed by atoms with van der Waals surface area (Å²) in [7, 11) is 1.60. The Bertz CT molecular complexity index is 673. The molecule has 0 spiro atoms. The van der Waals surface area contributed by atoms with Gasteiger partial charge < -0.3 is 14.9 Å². The van der Waals surface area contributed by atoms with Gasteiger partial charge in [-0.3, -0.25) is 0 Å². The summed E-state index contributed by atoms with van der Waals surface area (Å²) in [5.41, 5.74) is 7.54. The molecule has 0 aliphatic heterocycles. The fourth-order valence-electron chi connectivity index (χ4n) is 1.98. The van der Waals surface area contributed by atoms with E-state index in [-0.39, 0.29) is 6.04 Å². The van der Waals surface area contributed by atoms with Gasteiger partial charge in [0, 0.05) is 12.5 Å². The molecule has 0 unspecified atom stereocenters. The lowest BCUT2D eigenvalue weighted by molar-refractivity contribution is 0.406. The number of aryl methyl sites for hydroxylation is 1. The van der Waals surface area contributed by atoms with Crippen molar-refractivity contribution in [3.63, 3.8) is 0 Å². The van der Waals surface area contributed by atoms with Gasteiger partial charge in [0.2, 0.25) is 5.89 Å². The van der Waals surface area contributed by atoms with Crippen LogP contribution in [0, 0.1) is 12.8 Å². The minimum absolute atomic E-state index is 0.0894. The molecule has 1 heterocycles. The van der Waals surface area contributed by atoms with E-state index in [0.29, 0.717) is 23.9 Å². The van der Waals surface area contributed by atoms with Crippen LogP contribution in [-0.2, 0) is 6.42 Å². The average molecular weight is 291 g/mol. The van der Waals surface area contributed by atoms with Crippen molar-refractivity contribution in [2.45, 2.75) is 33.2 Å². The monoisotopic (exact) mass is 291 g/mol. The molecule has 1 atom stereocenters. The molecule has 1 aromatic heterocycles. The zero-order chi connectivity index (χ0) is 15.6. The molecule has 6 nitrogen and oxygen atoms in total. The van der Waals surface area contributed by atoms with Gasteiger partial charge in [-0.1, -0.05) is 13.8 Å². The Morgan fingerprint density at radius 3 is 2.71 bits per heavy atom. The second-order valence-corrected chi connectivity index (χ2v) is 5.44. The lowest BCUT2D eigenvalue weighted by atomic mass is 10.0. The van der Waals surface area contributed by atoms with E-state index in [1.165, 1.54) is 4.68 Å². The Labute approximate surface area is 123 Å². The molecular formula is C15H21N3O3. The fourth-order valence-corrected chi connectivity index (χ4v) is 1.98. The van der Waals surface area contributed by atoms with Gasteiger partial charge in [0.1, 0.15) is 5.75 Å². The molecular weight excluding hydrogens is 270 g/mol. The highest BCUT2D eigenvalue weighted by atomic mass is 16.5. The van der Waals surface area contributed by atoms with Gasteiger partial charge in [0.05, 0.1) is 12.8 Å². The van der Waals surface area contributed by atoms with Gasteiger partial charge >= 0.3 is 5.76 Å². The molecule has 0 aliphatic rings. The third kappa shape index (κ3) is 3.33. The van der Waals surface area contributed by atoms with E-state index in [1.54, 1.807) is 19.2 Å². The van der Waals surface area contributed by atoms with Crippen molar-refractivity contribution in [3.05, 3.63) is 40.2 Å². The third-order valence-corrected chi connectivity index (χ3v) is 3.49. The Kier molecular flexibility index (Phi) is 4.47. The predicted octanol–water partition coefficient (Wildman–Crippen LogP) is 1.67. The molecule has 2 N–H and O–H groups in total. The number of ether oxygens (including phenoxy) is 1. The van der Waals surface area contributed by atoms with Crippen LogP contribution >= 0.6 is 0 Å². The molecule has 0 aliphatic carbocycles. The van der Waals surface area contributed by atoms with E-state index in [2.05, 4.69) is 5.10 Å². The predicted molar refractivity (Wildman–Crippen MR) is 79.9 cm³/mol. The van der Waals surface area contributed by atoms with Crippen LogP contribution in [0.5, 0.6) is 5.75 Å². The van der Waals surface area contributed by atoms with E-state index in [4.69, 9.17) is 14.9 Å². The van der Waals surface area contributed by atoms with Crippen molar-refractivity contribution >= 4 is 0 Å². The number of rotatable bonds is 5. The maximum Gasteiger partial charge on any atom is 0.441 e. The van der Waals surface area contributed by atoms with Crippen LogP contribution in [0.2, 0.25) is 0 Å². The number of nitrogens with zero attached hydrogens (tertiary/aromatic N) is 2. The van der Waals surface area contributed by atoms with Crippen LogP contribution in [0.3, 0.4) is 0 Å². The zero-order valence-corrected chi connectivity index (χ0v) is 12.8. The highest BCUT2D eigenvalue weighted by Crippen LogP contribution is 2.19. The van der Waals surface area contributed by atoms with Crippen LogP contribution in [-0.4, -0.2) is 22.9 Å². The third-order valence-electron chi connectivity index (χ3n) is 3.49. The minimum atomic E-state index is -0.505. The SMILES string of the molecule is COc1ccc(-n2nc(C[C@@H](N)C(C)C)oc2=O)c(C)c1. The molecule has 0 amide bonds. The molecule has 114 valence electrons. The molecule has 0 saturated heterocycles. The quantitative estimate of drug-likeness (QED) is 0.906. The first-order valence-corrected chi connectivity index (χ1v) is 6.92. The summed E-state index contributed by atoms with van der Waals surface area (Å²) in [5, 5.41) is 4.24. The molecule has 0 saturated carbocycles. The summed E-state index contributed by atoms with van der Waals surface area (Å²) in [5.74, 6) is 0.878. The van der Waals surface area contributed by atoms with E-state index >= 15 is 0 Å². The lowest BCUT2D eigenvalue weighted by Crippen LogP contribution is -2.28. The van der Waals surface area contributed by atoms with Crippen molar-refractivity contribution in [3.8, 4) is 11.4 Å². The van der Waals surface area contributed by atoms with Crippen molar-refractivity contribution in [2.75, 3.05) is 7.11 Å². The van der Waals surface area contributed by atoms with Crippen LogP contribution in [0.4, 0.5) is 0 Å². The first-order chi connectivity index (χ1) is 9.92. The number of hydrogen-bond acceptors (Lipinski definition) is 5. The van der Waals surface area contributed by atoms with Gasteiger partial charge in [-0.05, 0) is 36.6 Å². The zero-order valence-electron chi connectivity index (χ0n) is 12.8. The molecule has 21 heavy (non-hydrogen) atoms. The smallest absolute Gasteiger partial charge is 0.441 e. The molecule has 6 heteroatoms. The largest absolute Gasteiger partial charge is 0.497 e. The molecule has 2 aromatic rings. The first kappa shape index (κ1) is 15.3. The normalized spacial score (nSPS) is 12.7. The molecule has 0 bridgehead atoms. The van der Waals surface area contributed by atoms with Gasteiger partial charge in [-0.15, -0.1) is 5.10 Å². The van der Waals surface area contributed by atoms with Crippen LogP contribution in [0.15, 0.2) is 27.4 Å². The number of hydrogen-bond donors (Lipinski definition) is 1. The number of benzene rings is 1. The topological polar surface area (TPSA) is 83.3 Å². The van der Waals surface area contributed by atoms with E-state index in [0.717, 1.165) is 11.3 Å². The van der Waals surface area contributed by atoms with Crippen LogP contribution in [0.1, 0.15) is 25.3 Å². The highest BCUT2D eigenvalue weighted by molar-refractivity contribution is 5.44. The second kappa shape index (κ2) is 6.13. The van der Waals surface area contributed by atoms with Crippen LogP contribution < -0.4 is 16.2 Å². The van der Waals surface area contributed by atoms with Gasteiger partial charge in [-0.25, -0.2) is 4.79 Å². The fraction of sp³-hybridized carbons (Fsp3) is 0.467. The van der Waals surface area contributed by atoms with Crippen molar-refractivity contribution in [2.24, 2.45) is 11.7 Å². The number of nitrogens with two attached hydrogens (primary N) is 1. The van der Waals surface area contributed by atoms with Crippen molar-refractivity contribution in [1.29, 1.82) is 0 Å². The van der Waals surface area contributed by atoms with E-state index in [1.807, 2.05) is 26.8 Å². The molecule has 0 fully saturated rings. The van der Waals surface area contributed by atoms with Crippen molar-refractivity contribution in [1.82, 2.24) is 9.78 Å². The lowest BCUT2D eigenvalue weighted by Gasteiger charge is -2.12. The van der Waals surface area contributed by atoms with Crippen molar-refractivity contribution < 1.29 is 9.15 Å². The van der Waals surface area contributed by atoms with E-state index < -0.39 is 5.76 Å². The standard InChI is InChI=1S/C15H21N3O3/c1-9(2)12(16)8-14-17-18(15(19)21-14)13-6-5-11(20-4)7-10(13)3/h5-7,9,12H,8,16H2,1-4H3/t12-/m1/s1. The maximum atomic E-state index is 12.0. The van der Waals surface area contributed by atoms with Gasteiger partial charge in [-0.2, -0.15) is 4.68 Å². The average Bonchev–Trinajstić information content (AvgIpc) is 2.79. The molecule has 1 aromatic carbocycles. The number of aromatic nitrogens is 2. The molecule has 0 radical (unpaired) electrons. The summed E-state index contributed by atoms with van der Waals surface area (Å²) in [6.45, 7) is 5.93. The Morgan fingerprint density at radius 2 is 2.14 bits per heavy atom. The summed E-state index contributed by atoms with van der Waals surface area (Å²) >= 11 is 0. The Hall–Kier alpha value is -2.08. The first-order valence-electron chi connectivity index (χ1n) is 6.92. The summed E-state index contributed by atoms with van der Waals surface area (Å²) in [6.07, 6.45) is 0.440. The summed E-state index contributed by atoms with van der Waals surface area (Å²) < 4.78 is 11.6. The minimum Gasteiger partial charge on any atom is -0.497 e. The highest BCUT2D eigenvalue weighted by Gasteiger charge is 2.16. The van der Waals surface area contributed by atoms with Gasteiger partial charge in [0.15, 0.2) is 0 Å². The summed E-state index contributed by atoms with van der Waals surface area (Å²) in [4.78, 5) is 12.0. The van der Waals surface area contributed by atoms with Gasteiger partial charge in [0.25, 0.3) is 0 Å².